The lowest BCUT2D eigenvalue weighted by Crippen LogP contribution is -2.39. The van der Waals surface area contributed by atoms with Crippen LogP contribution in [0.3, 0.4) is 0 Å². The Labute approximate surface area is 167 Å². The van der Waals surface area contributed by atoms with Crippen LogP contribution in [0.4, 0.5) is 23.4 Å². The molecule has 1 aromatic carbocycles. The van der Waals surface area contributed by atoms with Gasteiger partial charge >= 0.3 is 0 Å². The maximum atomic E-state index is 13.8. The highest BCUT2D eigenvalue weighted by Gasteiger charge is 2.49. The molecule has 160 valence electrons. The van der Waals surface area contributed by atoms with Gasteiger partial charge in [-0.15, -0.1) is 0 Å². The van der Waals surface area contributed by atoms with Gasteiger partial charge in [-0.25, -0.2) is 27.5 Å². The number of hydrogen-bond donors (Lipinski definition) is 3. The van der Waals surface area contributed by atoms with Crippen molar-refractivity contribution in [1.82, 2.24) is 14.5 Å². The number of anilines is 1. The lowest BCUT2D eigenvalue weighted by molar-refractivity contribution is -0.111. The molecule has 1 saturated heterocycles. The second-order valence-corrected chi connectivity index (χ2v) is 7.44. The molecule has 1 aliphatic rings. The van der Waals surface area contributed by atoms with Crippen molar-refractivity contribution in [3.05, 3.63) is 53.5 Å². The molecule has 0 aliphatic carbocycles. The first-order chi connectivity index (χ1) is 14.1. The highest BCUT2D eigenvalue weighted by atomic mass is 19.3. The number of nitrogen functional groups attached to an aromatic ring is 1. The van der Waals surface area contributed by atoms with E-state index in [0.717, 1.165) is 0 Å². The quantitative estimate of drug-likeness (QED) is 0.554. The number of aliphatic hydroxyl groups excluding tert-OH is 1. The number of fused-ring (bicyclic) bond motifs is 1. The number of nitrogens with zero attached hydrogens (tertiary/aromatic N) is 3. The van der Waals surface area contributed by atoms with E-state index in [-0.39, 0.29) is 17.8 Å². The molecule has 0 spiro atoms. The van der Waals surface area contributed by atoms with Crippen LogP contribution >= 0.6 is 0 Å². The fraction of sp³-hybridized carbons (Fsp3) is 0.368. The molecule has 4 N–H and O–H groups in total. The standard InChI is InChI=1S/C19H18F4N4O3/c1-19(29)6-12(27-3-2-9-17(24)25-7-26-18(9)27)30-15(19)14(28)8-4-10(16(22)23)13(21)11(20)5-8/h2-5,7,12,14-16,28-29H,6H2,1H3,(H2,24,25,26)/t12-,14-,15-,19+/m1/s1. The third-order valence-electron chi connectivity index (χ3n) is 5.30. The number of alkyl halides is 2. The number of benzene rings is 1. The van der Waals surface area contributed by atoms with E-state index in [9.17, 15) is 27.8 Å². The van der Waals surface area contributed by atoms with Gasteiger partial charge in [0.15, 0.2) is 11.6 Å². The second kappa shape index (κ2) is 7.18. The summed E-state index contributed by atoms with van der Waals surface area (Å²) in [5, 5.41) is 22.1. The highest BCUT2D eigenvalue weighted by Crippen LogP contribution is 2.43. The maximum absolute atomic E-state index is 13.8. The van der Waals surface area contributed by atoms with Crippen LogP contribution in [0.1, 0.15) is 43.2 Å². The van der Waals surface area contributed by atoms with E-state index in [2.05, 4.69) is 9.97 Å². The molecule has 11 heteroatoms. The normalized spacial score (nSPS) is 25.3. The fourth-order valence-corrected chi connectivity index (χ4v) is 3.77. The van der Waals surface area contributed by atoms with Crippen LogP contribution in [0.5, 0.6) is 0 Å². The minimum atomic E-state index is -3.28. The minimum Gasteiger partial charge on any atom is -0.387 e. The Morgan fingerprint density at radius 1 is 1.30 bits per heavy atom. The van der Waals surface area contributed by atoms with Gasteiger partial charge in [-0.1, -0.05) is 0 Å². The summed E-state index contributed by atoms with van der Waals surface area (Å²) in [5.41, 5.74) is 3.12. The van der Waals surface area contributed by atoms with Crippen LogP contribution in [0, 0.1) is 11.6 Å². The summed E-state index contributed by atoms with van der Waals surface area (Å²) >= 11 is 0. The Hall–Kier alpha value is -2.76. The minimum absolute atomic E-state index is 0.00773. The predicted octanol–water partition coefficient (Wildman–Crippen LogP) is 3.00. The Balaban J connectivity index is 1.67. The maximum Gasteiger partial charge on any atom is 0.266 e. The number of aliphatic hydroxyl groups is 2. The molecular formula is C19H18F4N4O3. The van der Waals surface area contributed by atoms with Gasteiger partial charge in [0.25, 0.3) is 6.43 Å². The summed E-state index contributed by atoms with van der Waals surface area (Å²) in [6.07, 6.45) is -4.17. The van der Waals surface area contributed by atoms with Crippen molar-refractivity contribution in [1.29, 1.82) is 0 Å². The van der Waals surface area contributed by atoms with Gasteiger partial charge in [0.2, 0.25) is 0 Å². The van der Waals surface area contributed by atoms with Crippen LogP contribution in [0.2, 0.25) is 0 Å². The monoisotopic (exact) mass is 426 g/mol. The van der Waals surface area contributed by atoms with Crippen LogP contribution in [0.15, 0.2) is 30.7 Å². The summed E-state index contributed by atoms with van der Waals surface area (Å²) in [4.78, 5) is 8.04. The van der Waals surface area contributed by atoms with Gasteiger partial charge in [0, 0.05) is 12.6 Å². The van der Waals surface area contributed by atoms with Crippen LogP contribution in [0.25, 0.3) is 11.0 Å². The lowest BCUT2D eigenvalue weighted by Gasteiger charge is -2.28. The van der Waals surface area contributed by atoms with E-state index < -0.39 is 47.7 Å². The van der Waals surface area contributed by atoms with Gasteiger partial charge in [0.1, 0.15) is 36.2 Å². The van der Waals surface area contributed by atoms with Crippen molar-refractivity contribution in [2.45, 2.75) is 43.8 Å². The molecule has 0 bridgehead atoms. The highest BCUT2D eigenvalue weighted by molar-refractivity contribution is 5.86. The van der Waals surface area contributed by atoms with Crippen molar-refractivity contribution < 1.29 is 32.5 Å². The summed E-state index contributed by atoms with van der Waals surface area (Å²) in [6.45, 7) is 1.39. The molecule has 4 rings (SSSR count). The number of ether oxygens (including phenoxy) is 1. The average Bonchev–Trinajstić information content (AvgIpc) is 3.24. The van der Waals surface area contributed by atoms with Gasteiger partial charge in [0.05, 0.1) is 16.6 Å². The van der Waals surface area contributed by atoms with Gasteiger partial charge < -0.3 is 25.3 Å². The molecule has 1 aliphatic heterocycles. The SMILES string of the molecule is C[C@]1(O)C[C@H](n2ccc3c(N)ncnc32)O[C@@H]1[C@H](O)c1cc(F)c(F)c(C(F)F)c1. The molecule has 0 unspecified atom stereocenters. The number of halogens is 4. The molecule has 0 radical (unpaired) electrons. The molecule has 4 atom stereocenters. The summed E-state index contributed by atoms with van der Waals surface area (Å²) in [6, 6.07) is 2.94. The second-order valence-electron chi connectivity index (χ2n) is 7.44. The number of hydrogen-bond acceptors (Lipinski definition) is 6. The number of nitrogens with two attached hydrogens (primary N) is 1. The van der Waals surface area contributed by atoms with Crippen molar-refractivity contribution in [3.8, 4) is 0 Å². The molecule has 1 fully saturated rings. The van der Waals surface area contributed by atoms with Crippen molar-refractivity contribution in [3.63, 3.8) is 0 Å². The van der Waals surface area contributed by atoms with Crippen LogP contribution in [-0.2, 0) is 4.74 Å². The van der Waals surface area contributed by atoms with Crippen molar-refractivity contribution in [2.75, 3.05) is 5.73 Å². The van der Waals surface area contributed by atoms with E-state index in [4.69, 9.17) is 10.5 Å². The molecule has 3 heterocycles. The first-order valence-corrected chi connectivity index (χ1v) is 9.00. The molecule has 0 amide bonds. The Morgan fingerprint density at radius 3 is 2.73 bits per heavy atom. The van der Waals surface area contributed by atoms with Gasteiger partial charge in [-0.2, -0.15) is 0 Å². The summed E-state index contributed by atoms with van der Waals surface area (Å²) < 4.78 is 60.8. The first kappa shape index (κ1) is 20.5. The third-order valence-corrected chi connectivity index (χ3v) is 5.30. The zero-order valence-corrected chi connectivity index (χ0v) is 15.6. The zero-order valence-electron chi connectivity index (χ0n) is 15.6. The van der Waals surface area contributed by atoms with Crippen molar-refractivity contribution in [2.24, 2.45) is 0 Å². The van der Waals surface area contributed by atoms with E-state index >= 15 is 0 Å². The summed E-state index contributed by atoms with van der Waals surface area (Å²) in [5.74, 6) is -2.96. The van der Waals surface area contributed by atoms with Crippen molar-refractivity contribution >= 4 is 16.9 Å². The Bertz CT molecular complexity index is 1100. The van der Waals surface area contributed by atoms with Crippen LogP contribution in [-0.4, -0.2) is 36.5 Å². The van der Waals surface area contributed by atoms with E-state index in [1.54, 1.807) is 16.8 Å². The zero-order chi connectivity index (χ0) is 21.8. The number of aromatic nitrogens is 3. The van der Waals surface area contributed by atoms with E-state index in [0.29, 0.717) is 23.2 Å². The topological polar surface area (TPSA) is 106 Å². The third kappa shape index (κ3) is 3.28. The summed E-state index contributed by atoms with van der Waals surface area (Å²) in [7, 11) is 0. The Morgan fingerprint density at radius 2 is 2.03 bits per heavy atom. The lowest BCUT2D eigenvalue weighted by atomic mass is 9.89. The largest absolute Gasteiger partial charge is 0.387 e. The van der Waals surface area contributed by atoms with Gasteiger partial charge in [-0.3, -0.25) is 0 Å². The first-order valence-electron chi connectivity index (χ1n) is 9.00. The van der Waals surface area contributed by atoms with Gasteiger partial charge in [-0.05, 0) is 30.7 Å². The average molecular weight is 426 g/mol. The van der Waals surface area contributed by atoms with E-state index in [1.165, 1.54) is 13.3 Å². The molecule has 30 heavy (non-hydrogen) atoms. The molecule has 3 aromatic rings. The predicted molar refractivity (Wildman–Crippen MR) is 97.4 cm³/mol. The molecule has 7 nitrogen and oxygen atoms in total. The van der Waals surface area contributed by atoms with Crippen LogP contribution < -0.4 is 5.73 Å². The number of rotatable bonds is 4. The molecule has 0 saturated carbocycles. The smallest absolute Gasteiger partial charge is 0.266 e. The molecular weight excluding hydrogens is 408 g/mol. The molecule has 2 aromatic heterocycles. The van der Waals surface area contributed by atoms with E-state index in [1.807, 2.05) is 0 Å². The fourth-order valence-electron chi connectivity index (χ4n) is 3.77. The Kier molecular flexibility index (Phi) is 4.91.